The number of hydrogen-bond donors (Lipinski definition) is 1. The van der Waals surface area contributed by atoms with Gasteiger partial charge in [-0.2, -0.15) is 0 Å². The number of benzene rings is 2. The predicted molar refractivity (Wildman–Crippen MR) is 128 cm³/mol. The molecule has 0 spiro atoms. The van der Waals surface area contributed by atoms with Gasteiger partial charge in [0.2, 0.25) is 5.92 Å². The van der Waals surface area contributed by atoms with Gasteiger partial charge in [-0.3, -0.25) is 0 Å². The lowest BCUT2D eigenvalue weighted by molar-refractivity contribution is -0.694. The SMILES string of the molecule is Cc1ccc(C[n+]2ccn(CCOC(=O)[C@](O)(c3ccccc3)[C@@H]3CCCC(F)(F)C3)c2C)cc1. The van der Waals surface area contributed by atoms with E-state index in [1.54, 1.807) is 30.3 Å². The molecule has 1 heterocycles. The first-order chi connectivity index (χ1) is 16.7. The van der Waals surface area contributed by atoms with Gasteiger partial charge in [-0.15, -0.1) is 0 Å². The molecule has 7 heteroatoms. The topological polar surface area (TPSA) is 55.3 Å². The van der Waals surface area contributed by atoms with Crippen LogP contribution in [-0.2, 0) is 28.2 Å². The van der Waals surface area contributed by atoms with Crippen LogP contribution in [-0.4, -0.2) is 28.2 Å². The van der Waals surface area contributed by atoms with Gasteiger partial charge in [0.15, 0.2) is 5.60 Å². The molecule has 0 saturated heterocycles. The lowest BCUT2D eigenvalue weighted by atomic mass is 9.72. The number of rotatable bonds is 8. The smallest absolute Gasteiger partial charge is 0.343 e. The second kappa shape index (κ2) is 10.3. The van der Waals surface area contributed by atoms with Gasteiger partial charge in [0.05, 0.1) is 0 Å². The average Bonchev–Trinajstić information content (AvgIpc) is 3.18. The van der Waals surface area contributed by atoms with Gasteiger partial charge in [0.1, 0.15) is 32.1 Å². The van der Waals surface area contributed by atoms with Crippen LogP contribution >= 0.6 is 0 Å². The lowest BCUT2D eigenvalue weighted by Gasteiger charge is -2.39. The molecule has 1 aliphatic rings. The predicted octanol–water partition coefficient (Wildman–Crippen LogP) is 4.70. The minimum Gasteiger partial charge on any atom is -0.459 e. The third-order valence-corrected chi connectivity index (χ3v) is 7.05. The number of ether oxygens (including phenoxy) is 1. The first-order valence-electron chi connectivity index (χ1n) is 12.1. The summed E-state index contributed by atoms with van der Waals surface area (Å²) < 4.78 is 38.0. The van der Waals surface area contributed by atoms with E-state index in [9.17, 15) is 18.7 Å². The highest BCUT2D eigenvalue weighted by molar-refractivity contribution is 5.81. The number of carbonyl (C=O) groups is 1. The van der Waals surface area contributed by atoms with E-state index in [4.69, 9.17) is 4.74 Å². The second-order valence-corrected chi connectivity index (χ2v) is 9.57. The number of aromatic nitrogens is 2. The summed E-state index contributed by atoms with van der Waals surface area (Å²) in [4.78, 5) is 13.2. The molecule has 1 aromatic heterocycles. The van der Waals surface area contributed by atoms with Crippen LogP contribution in [0.5, 0.6) is 0 Å². The molecule has 3 aromatic rings. The standard InChI is InChI=1S/C28H33F2N2O3/c1-21-10-12-23(13-11-21)20-32-16-15-31(22(32)2)17-18-35-26(33)28(34,24-7-4-3-5-8-24)25-9-6-14-27(29,30)19-25/h3-5,7-8,10-13,15-16,25,34H,6,9,14,17-20H2,1-2H3/q+1/t25-,28+/m1/s1. The summed E-state index contributed by atoms with van der Waals surface area (Å²) in [6.07, 6.45) is 3.72. The van der Waals surface area contributed by atoms with E-state index in [1.807, 2.05) is 23.9 Å². The lowest BCUT2D eigenvalue weighted by Crippen LogP contribution is -2.48. The molecule has 2 atom stereocenters. The number of imidazole rings is 1. The molecule has 0 aliphatic heterocycles. The normalized spacial score (nSPS) is 19.2. The molecule has 0 radical (unpaired) electrons. The molecule has 186 valence electrons. The number of halogens is 2. The zero-order valence-electron chi connectivity index (χ0n) is 20.3. The molecule has 4 rings (SSSR count). The van der Waals surface area contributed by atoms with Gasteiger partial charge in [-0.05, 0) is 30.9 Å². The zero-order valence-corrected chi connectivity index (χ0v) is 20.3. The maximum atomic E-state index is 14.2. The maximum absolute atomic E-state index is 14.2. The summed E-state index contributed by atoms with van der Waals surface area (Å²) in [5.74, 6) is -3.69. The fourth-order valence-electron chi connectivity index (χ4n) is 4.92. The van der Waals surface area contributed by atoms with Gasteiger partial charge < -0.3 is 9.84 Å². The van der Waals surface area contributed by atoms with E-state index in [2.05, 4.69) is 35.8 Å². The molecule has 2 aromatic carbocycles. The molecule has 1 saturated carbocycles. The Bertz CT molecular complexity index is 1140. The second-order valence-electron chi connectivity index (χ2n) is 9.57. The van der Waals surface area contributed by atoms with E-state index in [-0.39, 0.29) is 19.4 Å². The van der Waals surface area contributed by atoms with Crippen molar-refractivity contribution >= 4 is 5.97 Å². The van der Waals surface area contributed by atoms with Crippen molar-refractivity contribution in [3.05, 3.63) is 89.5 Å². The molecule has 35 heavy (non-hydrogen) atoms. The molecule has 0 bridgehead atoms. The van der Waals surface area contributed by atoms with Crippen molar-refractivity contribution in [2.24, 2.45) is 5.92 Å². The van der Waals surface area contributed by atoms with Crippen LogP contribution < -0.4 is 4.57 Å². The zero-order chi connectivity index (χ0) is 25.1. The minimum atomic E-state index is -2.90. The van der Waals surface area contributed by atoms with Crippen LogP contribution in [0.3, 0.4) is 0 Å². The van der Waals surface area contributed by atoms with Gasteiger partial charge in [0.25, 0.3) is 5.82 Å². The Hall–Kier alpha value is -3.06. The molecule has 5 nitrogen and oxygen atoms in total. The summed E-state index contributed by atoms with van der Waals surface area (Å²) in [5, 5.41) is 11.5. The molecular formula is C28H33F2N2O3+. The van der Waals surface area contributed by atoms with Gasteiger partial charge in [0, 0.05) is 25.7 Å². The van der Waals surface area contributed by atoms with Crippen LogP contribution in [0.25, 0.3) is 0 Å². The Kier molecular flexibility index (Phi) is 7.36. The van der Waals surface area contributed by atoms with Gasteiger partial charge in [-0.1, -0.05) is 60.2 Å². The molecule has 0 amide bonds. The first-order valence-corrected chi connectivity index (χ1v) is 12.1. The molecule has 1 fully saturated rings. The number of carbonyl (C=O) groups excluding carboxylic acids is 1. The van der Waals surface area contributed by atoms with Crippen molar-refractivity contribution in [2.75, 3.05) is 6.61 Å². The maximum Gasteiger partial charge on any atom is 0.343 e. The van der Waals surface area contributed by atoms with Crippen molar-refractivity contribution in [3.63, 3.8) is 0 Å². The summed E-state index contributed by atoms with van der Waals surface area (Å²) in [6, 6.07) is 16.7. The van der Waals surface area contributed by atoms with E-state index in [1.165, 1.54) is 11.1 Å². The highest BCUT2D eigenvalue weighted by Crippen LogP contribution is 2.45. The Morgan fingerprint density at radius 1 is 1.17 bits per heavy atom. The van der Waals surface area contributed by atoms with Crippen LogP contribution in [0.1, 0.15) is 48.2 Å². The number of nitrogens with zero attached hydrogens (tertiary/aromatic N) is 2. The minimum absolute atomic E-state index is 0.0249. The van der Waals surface area contributed by atoms with E-state index >= 15 is 0 Å². The molecular weight excluding hydrogens is 450 g/mol. The quantitative estimate of drug-likeness (QED) is 0.373. The number of hydrogen-bond acceptors (Lipinski definition) is 3. The van der Waals surface area contributed by atoms with Crippen LogP contribution in [0.15, 0.2) is 67.0 Å². The van der Waals surface area contributed by atoms with Gasteiger partial charge in [-0.25, -0.2) is 22.7 Å². The highest BCUT2D eigenvalue weighted by atomic mass is 19.3. The number of aliphatic hydroxyl groups is 1. The number of esters is 1. The van der Waals surface area contributed by atoms with E-state index in [0.29, 0.717) is 18.5 Å². The Morgan fingerprint density at radius 3 is 2.57 bits per heavy atom. The molecule has 1 N–H and O–H groups in total. The Labute approximate surface area is 205 Å². The Balaban J connectivity index is 1.44. The van der Waals surface area contributed by atoms with Crippen molar-refractivity contribution in [2.45, 2.75) is 64.1 Å². The number of aryl methyl sites for hydroxylation is 1. The Morgan fingerprint density at radius 2 is 1.89 bits per heavy atom. The molecule has 1 aliphatic carbocycles. The van der Waals surface area contributed by atoms with Crippen molar-refractivity contribution in [1.82, 2.24) is 4.57 Å². The van der Waals surface area contributed by atoms with Crippen molar-refractivity contribution in [3.8, 4) is 0 Å². The number of alkyl halides is 2. The van der Waals surface area contributed by atoms with Crippen molar-refractivity contribution in [1.29, 1.82) is 0 Å². The summed E-state index contributed by atoms with van der Waals surface area (Å²) in [7, 11) is 0. The molecule has 0 unspecified atom stereocenters. The van der Waals surface area contributed by atoms with Crippen LogP contribution in [0.2, 0.25) is 0 Å². The van der Waals surface area contributed by atoms with E-state index < -0.39 is 29.8 Å². The fraction of sp³-hybridized carbons (Fsp3) is 0.429. The fourth-order valence-corrected chi connectivity index (χ4v) is 4.92. The summed E-state index contributed by atoms with van der Waals surface area (Å²) in [6.45, 7) is 5.18. The van der Waals surface area contributed by atoms with Crippen LogP contribution in [0.4, 0.5) is 8.78 Å². The highest BCUT2D eigenvalue weighted by Gasteiger charge is 2.52. The first kappa shape index (κ1) is 25.0. The van der Waals surface area contributed by atoms with Gasteiger partial charge >= 0.3 is 5.97 Å². The largest absolute Gasteiger partial charge is 0.459 e. The third-order valence-electron chi connectivity index (χ3n) is 7.05. The monoisotopic (exact) mass is 483 g/mol. The average molecular weight is 484 g/mol. The summed E-state index contributed by atoms with van der Waals surface area (Å²) in [5.41, 5.74) is 0.579. The van der Waals surface area contributed by atoms with Crippen molar-refractivity contribution < 1.29 is 28.0 Å². The summed E-state index contributed by atoms with van der Waals surface area (Å²) >= 11 is 0. The van der Waals surface area contributed by atoms with Crippen LogP contribution in [0, 0.1) is 19.8 Å². The third kappa shape index (κ3) is 5.61. The van der Waals surface area contributed by atoms with E-state index in [0.717, 1.165) is 12.4 Å².